The topological polar surface area (TPSA) is 80.5 Å². The van der Waals surface area contributed by atoms with Crippen LogP contribution < -0.4 is 14.4 Å². The molecule has 7 heteroatoms. The van der Waals surface area contributed by atoms with Crippen LogP contribution in [-0.2, 0) is 17.8 Å². The molecule has 5 rings (SSSR count). The van der Waals surface area contributed by atoms with Crippen LogP contribution in [0.2, 0.25) is 0 Å². The Morgan fingerprint density at radius 1 is 0.946 bits per heavy atom. The van der Waals surface area contributed by atoms with Gasteiger partial charge in [-0.05, 0) is 59.7 Å². The lowest BCUT2D eigenvalue weighted by Crippen LogP contribution is -2.36. The lowest BCUT2D eigenvalue weighted by molar-refractivity contribution is 0.122. The molecule has 1 aromatic heterocycles. The minimum absolute atomic E-state index is 0.361. The van der Waals surface area contributed by atoms with Gasteiger partial charge >= 0.3 is 0 Å². The molecule has 0 spiro atoms. The molecule has 1 fully saturated rings. The van der Waals surface area contributed by atoms with Crippen molar-refractivity contribution in [3.8, 4) is 28.8 Å². The van der Waals surface area contributed by atoms with Crippen LogP contribution >= 0.6 is 0 Å². The maximum atomic E-state index is 9.73. The van der Waals surface area contributed by atoms with Crippen LogP contribution in [0.5, 0.6) is 11.5 Å². The summed E-state index contributed by atoms with van der Waals surface area (Å²) in [5, 5.41) is 9.73. The molecule has 186 valence electrons. The fourth-order valence-corrected chi connectivity index (χ4v) is 4.26. The number of methoxy groups -OCH3 is 1. The number of aromatic nitrogens is 2. The summed E-state index contributed by atoms with van der Waals surface area (Å²) < 4.78 is 16.6. The Bertz CT molecular complexity index is 1380. The molecule has 1 aliphatic heterocycles. The summed E-state index contributed by atoms with van der Waals surface area (Å²) in [6.45, 7) is 3.73. The van der Waals surface area contributed by atoms with Crippen molar-refractivity contribution in [3.05, 3.63) is 102 Å². The lowest BCUT2D eigenvalue weighted by atomic mass is 10.1. The van der Waals surface area contributed by atoms with Crippen molar-refractivity contribution in [2.45, 2.75) is 13.0 Å². The second-order valence-electron chi connectivity index (χ2n) is 8.76. The molecular weight excluding hydrogens is 464 g/mol. The van der Waals surface area contributed by atoms with Gasteiger partial charge in [0.2, 0.25) is 0 Å². The van der Waals surface area contributed by atoms with Gasteiger partial charge in [-0.2, -0.15) is 5.26 Å². The monoisotopic (exact) mass is 492 g/mol. The van der Waals surface area contributed by atoms with Crippen LogP contribution in [-0.4, -0.2) is 43.4 Å². The third-order valence-corrected chi connectivity index (χ3v) is 6.33. The van der Waals surface area contributed by atoms with Crippen LogP contribution in [0.4, 0.5) is 5.69 Å². The Morgan fingerprint density at radius 2 is 1.70 bits per heavy atom. The number of hydrogen-bond acceptors (Lipinski definition) is 7. The number of anilines is 1. The molecule has 3 aromatic carbocycles. The quantitative estimate of drug-likeness (QED) is 0.341. The molecule has 1 aliphatic rings. The molecule has 0 aliphatic carbocycles. The highest BCUT2D eigenvalue weighted by atomic mass is 16.5. The van der Waals surface area contributed by atoms with Gasteiger partial charge in [-0.15, -0.1) is 0 Å². The molecule has 0 bridgehead atoms. The molecule has 0 radical (unpaired) electrons. The smallest absolute Gasteiger partial charge is 0.137 e. The van der Waals surface area contributed by atoms with Crippen molar-refractivity contribution >= 4 is 5.69 Å². The number of rotatable bonds is 8. The normalized spacial score (nSPS) is 13.1. The molecule has 0 N–H and O–H groups in total. The zero-order valence-corrected chi connectivity index (χ0v) is 20.8. The molecular formula is C30H28N4O3. The van der Waals surface area contributed by atoms with Gasteiger partial charge in [-0.3, -0.25) is 0 Å². The van der Waals surface area contributed by atoms with Gasteiger partial charge < -0.3 is 19.1 Å². The highest BCUT2D eigenvalue weighted by Crippen LogP contribution is 2.27. The van der Waals surface area contributed by atoms with E-state index in [1.807, 2.05) is 48.5 Å². The summed E-state index contributed by atoms with van der Waals surface area (Å²) >= 11 is 0. The van der Waals surface area contributed by atoms with E-state index in [-0.39, 0.29) is 0 Å². The van der Waals surface area contributed by atoms with Crippen molar-refractivity contribution in [3.63, 3.8) is 0 Å². The second kappa shape index (κ2) is 11.5. The summed E-state index contributed by atoms with van der Waals surface area (Å²) in [4.78, 5) is 11.6. The van der Waals surface area contributed by atoms with E-state index in [4.69, 9.17) is 19.2 Å². The summed E-state index contributed by atoms with van der Waals surface area (Å²) in [5.74, 6) is 2.06. The molecule has 37 heavy (non-hydrogen) atoms. The first-order chi connectivity index (χ1) is 18.2. The van der Waals surface area contributed by atoms with Gasteiger partial charge in [0.05, 0.1) is 31.6 Å². The van der Waals surface area contributed by atoms with Crippen molar-refractivity contribution in [1.29, 1.82) is 5.26 Å². The van der Waals surface area contributed by atoms with Crippen molar-refractivity contribution in [2.24, 2.45) is 0 Å². The van der Waals surface area contributed by atoms with E-state index in [9.17, 15) is 5.26 Å². The van der Waals surface area contributed by atoms with E-state index in [1.165, 1.54) is 5.69 Å². The predicted molar refractivity (Wildman–Crippen MR) is 142 cm³/mol. The highest BCUT2D eigenvalue weighted by Gasteiger charge is 2.12. The lowest BCUT2D eigenvalue weighted by Gasteiger charge is -2.28. The standard InChI is InChI=1S/C30H28N4O3/c1-35-27-9-4-23(5-10-27)21-37-29-11-6-24(19-25(29)20-31)28-12-13-32-30(33-28)18-22-2-7-26(8-3-22)34-14-16-36-17-15-34/h2-13,19H,14-18,21H2,1H3. The zero-order valence-electron chi connectivity index (χ0n) is 20.8. The van der Waals surface area contributed by atoms with Gasteiger partial charge in [0.25, 0.3) is 0 Å². The summed E-state index contributed by atoms with van der Waals surface area (Å²) in [6.07, 6.45) is 2.39. The van der Waals surface area contributed by atoms with Gasteiger partial charge in [-0.1, -0.05) is 24.3 Å². The van der Waals surface area contributed by atoms with Gasteiger partial charge in [0.1, 0.15) is 30.0 Å². The first-order valence-corrected chi connectivity index (χ1v) is 12.3. The van der Waals surface area contributed by atoms with Crippen molar-refractivity contribution < 1.29 is 14.2 Å². The van der Waals surface area contributed by atoms with E-state index in [2.05, 4.69) is 40.2 Å². The Morgan fingerprint density at radius 3 is 2.43 bits per heavy atom. The minimum Gasteiger partial charge on any atom is -0.497 e. The molecule has 2 heterocycles. The van der Waals surface area contributed by atoms with Gasteiger partial charge in [-0.25, -0.2) is 9.97 Å². The number of ether oxygens (including phenoxy) is 3. The fourth-order valence-electron chi connectivity index (χ4n) is 4.26. The molecule has 4 aromatic rings. The molecule has 1 saturated heterocycles. The van der Waals surface area contributed by atoms with E-state index in [1.54, 1.807) is 13.3 Å². The molecule has 0 amide bonds. The van der Waals surface area contributed by atoms with Crippen LogP contribution in [0.25, 0.3) is 11.3 Å². The number of benzene rings is 3. The van der Waals surface area contributed by atoms with Crippen LogP contribution in [0.3, 0.4) is 0 Å². The Kier molecular flexibility index (Phi) is 7.58. The highest BCUT2D eigenvalue weighted by molar-refractivity contribution is 5.64. The van der Waals surface area contributed by atoms with Crippen LogP contribution in [0.1, 0.15) is 22.5 Å². The minimum atomic E-state index is 0.361. The Labute approximate surface area is 216 Å². The SMILES string of the molecule is COc1ccc(COc2ccc(-c3ccnc(Cc4ccc(N5CCOCC5)cc4)n3)cc2C#N)cc1. The first kappa shape index (κ1) is 24.3. The average Bonchev–Trinajstić information content (AvgIpc) is 2.97. The Hall–Kier alpha value is -4.41. The summed E-state index contributed by atoms with van der Waals surface area (Å²) in [5.41, 5.74) is 5.43. The predicted octanol–water partition coefficient (Wildman–Crippen LogP) is 5.03. The van der Waals surface area contributed by atoms with Gasteiger partial charge in [0, 0.05) is 37.0 Å². The van der Waals surface area contributed by atoms with Crippen LogP contribution in [0, 0.1) is 11.3 Å². The summed E-state index contributed by atoms with van der Waals surface area (Å²) in [7, 11) is 1.64. The van der Waals surface area contributed by atoms with Crippen molar-refractivity contribution in [2.75, 3.05) is 38.3 Å². The number of morpholine rings is 1. The summed E-state index contributed by atoms with van der Waals surface area (Å²) in [6, 6.07) is 25.9. The number of nitrogens with zero attached hydrogens (tertiary/aromatic N) is 4. The molecule has 0 saturated carbocycles. The third kappa shape index (κ3) is 6.05. The van der Waals surface area contributed by atoms with E-state index in [0.717, 1.165) is 60.3 Å². The largest absolute Gasteiger partial charge is 0.497 e. The third-order valence-electron chi connectivity index (χ3n) is 6.33. The molecule has 0 unspecified atom stereocenters. The fraction of sp³-hybridized carbons (Fsp3) is 0.233. The van der Waals surface area contributed by atoms with Crippen LogP contribution in [0.15, 0.2) is 79.0 Å². The first-order valence-electron chi connectivity index (χ1n) is 12.3. The second-order valence-corrected chi connectivity index (χ2v) is 8.76. The van der Waals surface area contributed by atoms with E-state index in [0.29, 0.717) is 24.3 Å². The number of hydrogen-bond donors (Lipinski definition) is 0. The number of nitriles is 1. The van der Waals surface area contributed by atoms with Gasteiger partial charge in [0.15, 0.2) is 0 Å². The maximum absolute atomic E-state index is 9.73. The molecule has 0 atom stereocenters. The molecule has 7 nitrogen and oxygen atoms in total. The van der Waals surface area contributed by atoms with E-state index < -0.39 is 0 Å². The van der Waals surface area contributed by atoms with Crippen molar-refractivity contribution in [1.82, 2.24) is 9.97 Å². The zero-order chi connectivity index (χ0) is 25.5. The van der Waals surface area contributed by atoms with E-state index >= 15 is 0 Å². The average molecular weight is 493 g/mol. The Balaban J connectivity index is 1.27. The maximum Gasteiger partial charge on any atom is 0.137 e.